The fraction of sp³-hybridized carbons (Fsp3) is 0.154. The van der Waals surface area contributed by atoms with Crippen LogP contribution in [0.25, 0.3) is 6.08 Å². The van der Waals surface area contributed by atoms with Crippen molar-refractivity contribution in [3.8, 4) is 0 Å². The lowest BCUT2D eigenvalue weighted by Gasteiger charge is -2.19. The summed E-state index contributed by atoms with van der Waals surface area (Å²) >= 11 is 0. The van der Waals surface area contributed by atoms with E-state index in [-0.39, 0.29) is 6.04 Å². The third-order valence-corrected chi connectivity index (χ3v) is 4.94. The molecule has 168 valence electrons. The third-order valence-electron chi connectivity index (χ3n) is 4.94. The van der Waals surface area contributed by atoms with E-state index in [0.29, 0.717) is 18.4 Å². The quantitative estimate of drug-likeness (QED) is 0.404. The van der Waals surface area contributed by atoms with E-state index in [1.165, 1.54) is 13.2 Å². The summed E-state index contributed by atoms with van der Waals surface area (Å²) < 4.78 is 4.60. The van der Waals surface area contributed by atoms with Crippen molar-refractivity contribution >= 4 is 24.0 Å². The zero-order valence-electron chi connectivity index (χ0n) is 18.2. The number of hydrogen-bond donors (Lipinski definition) is 2. The zero-order chi connectivity index (χ0) is 23.5. The number of aromatic nitrogens is 1. The minimum absolute atomic E-state index is 0.353. The minimum Gasteiger partial charge on any atom is -0.466 e. The summed E-state index contributed by atoms with van der Waals surface area (Å²) in [4.78, 5) is 40.5. The molecular weight excluding hydrogens is 418 g/mol. The number of methoxy groups -OCH3 is 1. The van der Waals surface area contributed by atoms with Crippen LogP contribution in [0.3, 0.4) is 0 Å². The van der Waals surface area contributed by atoms with Gasteiger partial charge in [0.2, 0.25) is 0 Å². The Kier molecular flexibility index (Phi) is 8.48. The van der Waals surface area contributed by atoms with Crippen LogP contribution < -0.4 is 10.6 Å². The summed E-state index contributed by atoms with van der Waals surface area (Å²) in [5.74, 6) is -0.909. The number of ether oxygens (including phenoxy) is 1. The van der Waals surface area contributed by atoms with Crippen LogP contribution in [0.15, 0.2) is 85.1 Å². The second kappa shape index (κ2) is 12.0. The molecule has 1 atom stereocenters. The van der Waals surface area contributed by atoms with Crippen molar-refractivity contribution < 1.29 is 19.1 Å². The van der Waals surface area contributed by atoms with Crippen molar-refractivity contribution in [2.75, 3.05) is 7.11 Å². The highest BCUT2D eigenvalue weighted by Crippen LogP contribution is 2.20. The molecule has 3 amide bonds. The third kappa shape index (κ3) is 7.43. The number of esters is 1. The number of hydrogen-bond acceptors (Lipinski definition) is 5. The summed E-state index contributed by atoms with van der Waals surface area (Å²) in [6, 6.07) is 20.7. The number of carbonyl (C=O) groups excluding carboxylic acids is 3. The molecule has 2 aromatic carbocycles. The lowest BCUT2D eigenvalue weighted by Crippen LogP contribution is -2.41. The molecule has 0 aliphatic heterocycles. The Morgan fingerprint density at radius 3 is 2.36 bits per heavy atom. The van der Waals surface area contributed by atoms with Gasteiger partial charge in [0, 0.05) is 23.5 Å². The Morgan fingerprint density at radius 1 is 0.970 bits per heavy atom. The first kappa shape index (κ1) is 23.4. The van der Waals surface area contributed by atoms with Gasteiger partial charge in [0.05, 0.1) is 13.2 Å². The number of rotatable bonds is 8. The number of carbonyl (C=O) groups is 3. The molecule has 7 nitrogen and oxygen atoms in total. The lowest BCUT2D eigenvalue weighted by molar-refractivity contribution is -0.134. The topological polar surface area (TPSA) is 97.4 Å². The fourth-order valence-electron chi connectivity index (χ4n) is 3.19. The average molecular weight is 444 g/mol. The maximum Gasteiger partial charge on any atom is 0.330 e. The number of aryl methyl sites for hydroxylation is 1. The molecule has 33 heavy (non-hydrogen) atoms. The van der Waals surface area contributed by atoms with Gasteiger partial charge in [-0.25, -0.2) is 9.59 Å². The molecule has 0 radical (unpaired) electrons. The summed E-state index contributed by atoms with van der Waals surface area (Å²) in [6.07, 6.45) is 5.95. The Bertz CT molecular complexity index is 1100. The molecule has 1 unspecified atom stereocenters. The van der Waals surface area contributed by atoms with E-state index >= 15 is 0 Å². The van der Waals surface area contributed by atoms with Crippen molar-refractivity contribution in [1.82, 2.24) is 15.6 Å². The van der Waals surface area contributed by atoms with Gasteiger partial charge >= 0.3 is 12.0 Å². The standard InChI is InChI=1S/C26H25N3O4/c1-33-24(30)17-12-19-10-13-20(14-11-19)23(16-15-22-9-5-6-18-27-22)28-26(32)29-25(31)21-7-3-2-4-8-21/h2-14,17-18,23H,15-16H2,1H3,(H2,28,29,31,32). The second-order valence-corrected chi connectivity index (χ2v) is 7.23. The number of urea groups is 1. The maximum atomic E-state index is 12.6. The number of benzene rings is 2. The number of pyridine rings is 1. The van der Waals surface area contributed by atoms with Gasteiger partial charge < -0.3 is 10.1 Å². The highest BCUT2D eigenvalue weighted by atomic mass is 16.5. The summed E-state index contributed by atoms with van der Waals surface area (Å²) in [7, 11) is 1.32. The molecule has 0 spiro atoms. The van der Waals surface area contributed by atoms with E-state index in [9.17, 15) is 14.4 Å². The minimum atomic E-state index is -0.579. The number of nitrogens with zero attached hydrogens (tertiary/aromatic N) is 1. The van der Waals surface area contributed by atoms with Crippen LogP contribution >= 0.6 is 0 Å². The Labute approximate surface area is 192 Å². The normalized spacial score (nSPS) is 11.5. The lowest BCUT2D eigenvalue weighted by atomic mass is 9.99. The van der Waals surface area contributed by atoms with Crippen molar-refractivity contribution in [1.29, 1.82) is 0 Å². The van der Waals surface area contributed by atoms with Gasteiger partial charge in [-0.2, -0.15) is 0 Å². The van der Waals surface area contributed by atoms with E-state index in [0.717, 1.165) is 16.8 Å². The Hall–Kier alpha value is -4.26. The number of nitrogens with one attached hydrogen (secondary N) is 2. The maximum absolute atomic E-state index is 12.6. The van der Waals surface area contributed by atoms with Gasteiger partial charge in [-0.1, -0.05) is 48.5 Å². The molecule has 2 N–H and O–H groups in total. The Morgan fingerprint density at radius 2 is 1.70 bits per heavy atom. The highest BCUT2D eigenvalue weighted by Gasteiger charge is 2.17. The SMILES string of the molecule is COC(=O)C=Cc1ccc(C(CCc2ccccn2)NC(=O)NC(=O)c2ccccc2)cc1. The number of imide groups is 1. The van der Waals surface area contributed by atoms with Crippen molar-refractivity contribution in [2.24, 2.45) is 0 Å². The Balaban J connectivity index is 1.71. The predicted octanol–water partition coefficient (Wildman–Crippen LogP) is 4.08. The van der Waals surface area contributed by atoms with Crippen LogP contribution in [0.5, 0.6) is 0 Å². The smallest absolute Gasteiger partial charge is 0.330 e. The van der Waals surface area contributed by atoms with Crippen LogP contribution in [-0.4, -0.2) is 30.0 Å². The van der Waals surface area contributed by atoms with E-state index in [4.69, 9.17) is 0 Å². The van der Waals surface area contributed by atoms with Crippen molar-refractivity contribution in [3.05, 3.63) is 107 Å². The van der Waals surface area contributed by atoms with Gasteiger partial charge in [0.25, 0.3) is 5.91 Å². The molecule has 3 aromatic rings. The van der Waals surface area contributed by atoms with Crippen LogP contribution in [0, 0.1) is 0 Å². The van der Waals surface area contributed by atoms with E-state index in [1.807, 2.05) is 42.5 Å². The van der Waals surface area contributed by atoms with Gasteiger partial charge in [0.1, 0.15) is 0 Å². The van der Waals surface area contributed by atoms with Crippen molar-refractivity contribution in [3.63, 3.8) is 0 Å². The molecule has 0 saturated carbocycles. The predicted molar refractivity (Wildman–Crippen MR) is 125 cm³/mol. The summed E-state index contributed by atoms with van der Waals surface area (Å²) in [5.41, 5.74) is 2.99. The second-order valence-electron chi connectivity index (χ2n) is 7.23. The molecule has 0 aliphatic rings. The molecule has 0 fully saturated rings. The zero-order valence-corrected chi connectivity index (χ0v) is 18.2. The van der Waals surface area contributed by atoms with E-state index in [2.05, 4.69) is 20.4 Å². The molecule has 0 aliphatic carbocycles. The molecule has 7 heteroatoms. The van der Waals surface area contributed by atoms with Crippen LogP contribution in [0.4, 0.5) is 4.79 Å². The molecular formula is C26H25N3O4. The van der Waals surface area contributed by atoms with Crippen LogP contribution in [-0.2, 0) is 16.0 Å². The summed E-state index contributed by atoms with van der Waals surface area (Å²) in [5, 5.41) is 5.27. The first-order valence-corrected chi connectivity index (χ1v) is 10.5. The number of amides is 3. The largest absolute Gasteiger partial charge is 0.466 e. The van der Waals surface area contributed by atoms with Gasteiger partial charge in [0.15, 0.2) is 0 Å². The van der Waals surface area contributed by atoms with E-state index < -0.39 is 17.9 Å². The van der Waals surface area contributed by atoms with Crippen LogP contribution in [0.2, 0.25) is 0 Å². The molecule has 0 bridgehead atoms. The highest BCUT2D eigenvalue weighted by molar-refractivity contribution is 6.04. The first-order chi connectivity index (χ1) is 16.0. The molecule has 1 heterocycles. The van der Waals surface area contributed by atoms with Gasteiger partial charge in [-0.3, -0.25) is 15.1 Å². The monoisotopic (exact) mass is 443 g/mol. The van der Waals surface area contributed by atoms with Crippen molar-refractivity contribution in [2.45, 2.75) is 18.9 Å². The molecule has 3 rings (SSSR count). The average Bonchev–Trinajstić information content (AvgIpc) is 2.86. The molecule has 0 saturated heterocycles. The summed E-state index contributed by atoms with van der Waals surface area (Å²) in [6.45, 7) is 0. The van der Waals surface area contributed by atoms with Gasteiger partial charge in [-0.05, 0) is 54.3 Å². The fourth-order valence-corrected chi connectivity index (χ4v) is 3.19. The van der Waals surface area contributed by atoms with Crippen LogP contribution in [0.1, 0.15) is 39.6 Å². The first-order valence-electron chi connectivity index (χ1n) is 10.5. The van der Waals surface area contributed by atoms with E-state index in [1.54, 1.807) is 42.6 Å². The van der Waals surface area contributed by atoms with Gasteiger partial charge in [-0.15, -0.1) is 0 Å². The molecule has 1 aromatic heterocycles.